The molecule has 1 aliphatic carbocycles. The predicted molar refractivity (Wildman–Crippen MR) is 112 cm³/mol. The van der Waals surface area contributed by atoms with E-state index in [0.29, 0.717) is 40.8 Å². The number of nitrogens with zero attached hydrogens (tertiary/aromatic N) is 6. The normalized spacial score (nSPS) is 18.7. The maximum Gasteiger partial charge on any atom is 0.256 e. The molecule has 0 saturated heterocycles. The van der Waals surface area contributed by atoms with Crippen LogP contribution in [0.4, 0.5) is 14.7 Å². The second-order valence-corrected chi connectivity index (χ2v) is 7.73. The third kappa shape index (κ3) is 3.71. The van der Waals surface area contributed by atoms with Gasteiger partial charge in [-0.3, -0.25) is 0 Å². The molecular weight excluding hydrogens is 404 g/mol. The first-order chi connectivity index (χ1) is 15.0. The highest BCUT2D eigenvalue weighted by Gasteiger charge is 2.30. The van der Waals surface area contributed by atoms with Crippen LogP contribution in [0.2, 0.25) is 0 Å². The van der Waals surface area contributed by atoms with Crippen LogP contribution in [-0.4, -0.2) is 54.3 Å². The van der Waals surface area contributed by atoms with Crippen LogP contribution in [0, 0.1) is 6.92 Å². The van der Waals surface area contributed by atoms with Crippen LogP contribution < -0.4 is 5.32 Å². The lowest BCUT2D eigenvalue weighted by Crippen LogP contribution is -2.41. The van der Waals surface area contributed by atoms with Gasteiger partial charge in [0, 0.05) is 24.4 Å². The van der Waals surface area contributed by atoms with Crippen molar-refractivity contribution in [3.05, 3.63) is 36.4 Å². The zero-order valence-electron chi connectivity index (χ0n) is 17.3. The molecule has 4 heterocycles. The van der Waals surface area contributed by atoms with Crippen molar-refractivity contribution in [2.24, 2.45) is 0 Å². The van der Waals surface area contributed by atoms with E-state index < -0.39 is 13.0 Å². The molecule has 162 valence electrons. The molecule has 1 N–H and O–H groups in total. The van der Waals surface area contributed by atoms with E-state index in [-0.39, 0.29) is 0 Å². The predicted octanol–water partition coefficient (Wildman–Crippen LogP) is 3.69. The molecular formula is C21H23F2N7O. The Bertz CT molecular complexity index is 1230. The standard InChI is InChI=1S/C21H23F2N7O/c1-3-31-14-8-13(9-14)26-21-24-10-18-15(6-7-30(18)28-21)16-4-5-17-20(27-16)29(11-19(22)23)12(2)25-17/h4-7,10,13-14,19H,3,8-9,11H2,1-2H3,(H,26,28)/t13-,14-. The number of alkyl halides is 2. The lowest BCUT2D eigenvalue weighted by Gasteiger charge is -2.35. The number of ether oxygens (including phenoxy) is 1. The summed E-state index contributed by atoms with van der Waals surface area (Å²) in [6.45, 7) is 4.01. The Hall–Kier alpha value is -3.14. The SMILES string of the molecule is CCO[C@H]1C[C@H](Nc2ncc3c(-c4ccc5nc(C)n(CC(F)F)c5n4)ccn3n2)C1. The molecule has 0 radical (unpaired) electrons. The Kier molecular flexibility index (Phi) is 5.01. The summed E-state index contributed by atoms with van der Waals surface area (Å²) in [5, 5.41) is 7.89. The van der Waals surface area contributed by atoms with Gasteiger partial charge < -0.3 is 14.6 Å². The van der Waals surface area contributed by atoms with Gasteiger partial charge in [0.05, 0.1) is 30.1 Å². The summed E-state index contributed by atoms with van der Waals surface area (Å²) in [6, 6.07) is 5.85. The lowest BCUT2D eigenvalue weighted by atomic mass is 9.89. The molecule has 0 atom stereocenters. The Morgan fingerprint density at radius 1 is 1.23 bits per heavy atom. The van der Waals surface area contributed by atoms with Gasteiger partial charge in [-0.2, -0.15) is 0 Å². The summed E-state index contributed by atoms with van der Waals surface area (Å²) in [4.78, 5) is 13.4. The molecule has 1 fully saturated rings. The Labute approximate surface area is 177 Å². The van der Waals surface area contributed by atoms with Crippen molar-refractivity contribution >= 4 is 22.6 Å². The van der Waals surface area contributed by atoms with E-state index in [4.69, 9.17) is 4.74 Å². The Morgan fingerprint density at radius 2 is 2.06 bits per heavy atom. The largest absolute Gasteiger partial charge is 0.378 e. The number of aromatic nitrogens is 6. The van der Waals surface area contributed by atoms with E-state index in [1.54, 1.807) is 23.7 Å². The molecule has 0 unspecified atom stereocenters. The molecule has 0 amide bonds. The summed E-state index contributed by atoms with van der Waals surface area (Å²) in [5.41, 5.74) is 3.32. The molecule has 0 aliphatic heterocycles. The first-order valence-electron chi connectivity index (χ1n) is 10.4. The van der Waals surface area contributed by atoms with Gasteiger partial charge in [0.25, 0.3) is 6.43 Å². The van der Waals surface area contributed by atoms with Gasteiger partial charge in [0.1, 0.15) is 11.3 Å². The summed E-state index contributed by atoms with van der Waals surface area (Å²) in [6.07, 6.45) is 3.32. The zero-order chi connectivity index (χ0) is 21.5. The fourth-order valence-electron chi connectivity index (χ4n) is 4.04. The van der Waals surface area contributed by atoms with Gasteiger partial charge in [-0.05, 0) is 44.9 Å². The van der Waals surface area contributed by atoms with Crippen molar-refractivity contribution in [3.63, 3.8) is 0 Å². The summed E-state index contributed by atoms with van der Waals surface area (Å²) >= 11 is 0. The fraction of sp³-hybridized carbons (Fsp3) is 0.429. The molecule has 0 spiro atoms. The van der Waals surface area contributed by atoms with E-state index in [2.05, 4.69) is 25.4 Å². The number of aryl methyl sites for hydroxylation is 1. The molecule has 8 nitrogen and oxygen atoms in total. The number of pyridine rings is 1. The van der Waals surface area contributed by atoms with E-state index in [9.17, 15) is 8.78 Å². The van der Waals surface area contributed by atoms with E-state index in [0.717, 1.165) is 30.5 Å². The quantitative estimate of drug-likeness (QED) is 0.484. The minimum absolute atomic E-state index is 0.312. The number of halogens is 2. The van der Waals surface area contributed by atoms with Crippen LogP contribution in [0.5, 0.6) is 0 Å². The molecule has 0 bridgehead atoms. The topological polar surface area (TPSA) is 82.2 Å². The number of anilines is 1. The van der Waals surface area contributed by atoms with Crippen LogP contribution in [-0.2, 0) is 11.3 Å². The maximum absolute atomic E-state index is 13.0. The summed E-state index contributed by atoms with van der Waals surface area (Å²) in [7, 11) is 0. The molecule has 10 heteroatoms. The maximum atomic E-state index is 13.0. The Morgan fingerprint density at radius 3 is 2.84 bits per heavy atom. The second-order valence-electron chi connectivity index (χ2n) is 7.73. The van der Waals surface area contributed by atoms with Gasteiger partial charge in [-0.15, -0.1) is 5.10 Å². The third-order valence-corrected chi connectivity index (χ3v) is 5.63. The zero-order valence-corrected chi connectivity index (χ0v) is 17.3. The van der Waals surface area contributed by atoms with Gasteiger partial charge >= 0.3 is 0 Å². The molecule has 4 aromatic rings. The van der Waals surface area contributed by atoms with Gasteiger partial charge in [0.15, 0.2) is 5.65 Å². The van der Waals surface area contributed by atoms with Crippen LogP contribution in [0.15, 0.2) is 30.6 Å². The molecule has 1 saturated carbocycles. The van der Waals surface area contributed by atoms with Gasteiger partial charge in [0.2, 0.25) is 5.95 Å². The van der Waals surface area contributed by atoms with Crippen molar-refractivity contribution in [1.29, 1.82) is 0 Å². The second kappa shape index (κ2) is 7.84. The molecule has 31 heavy (non-hydrogen) atoms. The van der Waals surface area contributed by atoms with Crippen molar-refractivity contribution in [3.8, 4) is 11.3 Å². The van der Waals surface area contributed by atoms with E-state index in [1.165, 1.54) is 4.57 Å². The highest BCUT2D eigenvalue weighted by molar-refractivity contribution is 5.82. The van der Waals surface area contributed by atoms with Crippen LogP contribution in [0.25, 0.3) is 27.9 Å². The smallest absolute Gasteiger partial charge is 0.256 e. The third-order valence-electron chi connectivity index (χ3n) is 5.63. The highest BCUT2D eigenvalue weighted by atomic mass is 19.3. The highest BCUT2D eigenvalue weighted by Crippen LogP contribution is 2.28. The minimum Gasteiger partial charge on any atom is -0.378 e. The van der Waals surface area contributed by atoms with Crippen LogP contribution in [0.1, 0.15) is 25.6 Å². The summed E-state index contributed by atoms with van der Waals surface area (Å²) < 4.78 is 34.8. The van der Waals surface area contributed by atoms with E-state index >= 15 is 0 Å². The number of nitrogens with one attached hydrogen (secondary N) is 1. The molecule has 5 rings (SSSR count). The Balaban J connectivity index is 1.42. The van der Waals surface area contributed by atoms with Crippen molar-refractivity contribution in [2.75, 3.05) is 11.9 Å². The molecule has 1 aliphatic rings. The van der Waals surface area contributed by atoms with Gasteiger partial charge in [-0.25, -0.2) is 28.2 Å². The first-order valence-corrected chi connectivity index (χ1v) is 10.4. The van der Waals surface area contributed by atoms with Crippen molar-refractivity contribution < 1.29 is 13.5 Å². The van der Waals surface area contributed by atoms with E-state index in [1.807, 2.05) is 25.3 Å². The number of fused-ring (bicyclic) bond motifs is 2. The van der Waals surface area contributed by atoms with Crippen LogP contribution in [0.3, 0.4) is 0 Å². The first kappa shape index (κ1) is 19.8. The molecule has 4 aromatic heterocycles. The monoisotopic (exact) mass is 427 g/mol. The number of imidazole rings is 1. The van der Waals surface area contributed by atoms with Crippen molar-refractivity contribution in [1.82, 2.24) is 29.1 Å². The number of hydrogen-bond acceptors (Lipinski definition) is 6. The summed E-state index contributed by atoms with van der Waals surface area (Å²) in [5.74, 6) is 1.08. The molecule has 0 aromatic carbocycles. The van der Waals surface area contributed by atoms with Crippen molar-refractivity contribution in [2.45, 2.75) is 51.8 Å². The average molecular weight is 427 g/mol. The number of hydrogen-bond donors (Lipinski definition) is 1. The van der Waals surface area contributed by atoms with Crippen LogP contribution >= 0.6 is 0 Å². The fourth-order valence-corrected chi connectivity index (χ4v) is 4.04. The van der Waals surface area contributed by atoms with Gasteiger partial charge in [-0.1, -0.05) is 0 Å². The average Bonchev–Trinajstić information content (AvgIpc) is 3.26. The lowest BCUT2D eigenvalue weighted by molar-refractivity contribution is 0.00283. The number of rotatable bonds is 7. The minimum atomic E-state index is -2.48.